The molecule has 0 N–H and O–H groups in total. The van der Waals surface area contributed by atoms with E-state index >= 15 is 0 Å². The van der Waals surface area contributed by atoms with Gasteiger partial charge in [-0.25, -0.2) is 0 Å². The standard InChI is InChI=1S/C15H20N4/c1-18-14(13-9-5-4-6-10-13)16-17-15(18)19-11-7-2-3-8-12-19/h4-6,9-10H,2-3,7-8,11-12H2,1H3. The first-order valence-corrected chi connectivity index (χ1v) is 7.06. The fourth-order valence-electron chi connectivity index (χ4n) is 2.71. The van der Waals surface area contributed by atoms with Crippen LogP contribution >= 0.6 is 0 Å². The largest absolute Gasteiger partial charge is 0.341 e. The smallest absolute Gasteiger partial charge is 0.227 e. The first kappa shape index (κ1) is 12.2. The zero-order valence-corrected chi connectivity index (χ0v) is 11.4. The maximum absolute atomic E-state index is 4.40. The van der Waals surface area contributed by atoms with Crippen molar-refractivity contribution in [1.82, 2.24) is 14.8 Å². The fraction of sp³-hybridized carbons (Fsp3) is 0.467. The molecular formula is C15H20N4. The van der Waals surface area contributed by atoms with Crippen LogP contribution in [0, 0.1) is 0 Å². The minimum Gasteiger partial charge on any atom is -0.341 e. The van der Waals surface area contributed by atoms with Crippen molar-refractivity contribution in [2.24, 2.45) is 7.05 Å². The third kappa shape index (κ3) is 2.48. The molecule has 1 aromatic carbocycles. The van der Waals surface area contributed by atoms with Gasteiger partial charge in [0, 0.05) is 25.7 Å². The Hall–Kier alpha value is -1.84. The summed E-state index contributed by atoms with van der Waals surface area (Å²) in [6, 6.07) is 10.3. The first-order valence-electron chi connectivity index (χ1n) is 7.06. The normalized spacial score (nSPS) is 16.4. The van der Waals surface area contributed by atoms with Gasteiger partial charge in [0.15, 0.2) is 5.82 Å². The number of hydrogen-bond acceptors (Lipinski definition) is 3. The van der Waals surface area contributed by atoms with Crippen LogP contribution in [-0.4, -0.2) is 27.9 Å². The lowest BCUT2D eigenvalue weighted by Gasteiger charge is -2.20. The molecule has 1 aliphatic rings. The Balaban J connectivity index is 1.90. The monoisotopic (exact) mass is 256 g/mol. The van der Waals surface area contributed by atoms with Crippen molar-refractivity contribution < 1.29 is 0 Å². The Morgan fingerprint density at radius 3 is 2.26 bits per heavy atom. The second kappa shape index (κ2) is 5.43. The molecule has 1 aliphatic heterocycles. The summed E-state index contributed by atoms with van der Waals surface area (Å²) >= 11 is 0. The lowest BCUT2D eigenvalue weighted by molar-refractivity contribution is 0.726. The predicted molar refractivity (Wildman–Crippen MR) is 77.1 cm³/mol. The molecule has 0 radical (unpaired) electrons. The van der Waals surface area contributed by atoms with Crippen LogP contribution in [0.4, 0.5) is 5.95 Å². The summed E-state index contributed by atoms with van der Waals surface area (Å²) in [7, 11) is 2.06. The molecule has 2 aromatic rings. The van der Waals surface area contributed by atoms with Gasteiger partial charge in [-0.2, -0.15) is 0 Å². The summed E-state index contributed by atoms with van der Waals surface area (Å²) in [6.07, 6.45) is 5.18. The lowest BCUT2D eigenvalue weighted by Crippen LogP contribution is -2.26. The Bertz CT molecular complexity index is 524. The van der Waals surface area contributed by atoms with Gasteiger partial charge in [0.1, 0.15) is 0 Å². The van der Waals surface area contributed by atoms with Crippen molar-refractivity contribution in [1.29, 1.82) is 0 Å². The van der Waals surface area contributed by atoms with Crippen molar-refractivity contribution in [3.63, 3.8) is 0 Å². The average Bonchev–Trinajstić information content (AvgIpc) is 2.67. The average molecular weight is 256 g/mol. The molecule has 100 valence electrons. The zero-order valence-electron chi connectivity index (χ0n) is 11.4. The zero-order chi connectivity index (χ0) is 13.1. The summed E-state index contributed by atoms with van der Waals surface area (Å²) in [5.74, 6) is 1.95. The van der Waals surface area contributed by atoms with Crippen LogP contribution in [-0.2, 0) is 7.05 Å². The van der Waals surface area contributed by atoms with Gasteiger partial charge in [-0.1, -0.05) is 43.2 Å². The molecule has 0 aliphatic carbocycles. The molecule has 0 unspecified atom stereocenters. The highest BCUT2D eigenvalue weighted by Gasteiger charge is 2.17. The van der Waals surface area contributed by atoms with Gasteiger partial charge in [-0.3, -0.25) is 4.57 Å². The summed E-state index contributed by atoms with van der Waals surface area (Å²) < 4.78 is 2.11. The van der Waals surface area contributed by atoms with E-state index in [4.69, 9.17) is 0 Å². The Labute approximate surface area is 114 Å². The molecule has 4 nitrogen and oxygen atoms in total. The van der Waals surface area contributed by atoms with E-state index in [9.17, 15) is 0 Å². The van der Waals surface area contributed by atoms with Crippen LogP contribution < -0.4 is 4.90 Å². The predicted octanol–water partition coefficient (Wildman–Crippen LogP) is 2.86. The summed E-state index contributed by atoms with van der Waals surface area (Å²) in [4.78, 5) is 2.37. The molecule has 1 fully saturated rings. The minimum atomic E-state index is 0.944. The minimum absolute atomic E-state index is 0.944. The van der Waals surface area contributed by atoms with Gasteiger partial charge in [-0.15, -0.1) is 10.2 Å². The Kier molecular flexibility index (Phi) is 3.49. The highest BCUT2D eigenvalue weighted by Crippen LogP contribution is 2.22. The van der Waals surface area contributed by atoms with Crippen molar-refractivity contribution >= 4 is 5.95 Å². The van der Waals surface area contributed by atoms with E-state index in [1.807, 2.05) is 18.2 Å². The number of hydrogen-bond donors (Lipinski definition) is 0. The van der Waals surface area contributed by atoms with E-state index in [1.54, 1.807) is 0 Å². The van der Waals surface area contributed by atoms with Crippen LogP contribution in [0.25, 0.3) is 11.4 Å². The lowest BCUT2D eigenvalue weighted by atomic mass is 10.2. The van der Waals surface area contributed by atoms with E-state index in [0.29, 0.717) is 0 Å². The SMILES string of the molecule is Cn1c(-c2ccccc2)nnc1N1CCCCCC1. The van der Waals surface area contributed by atoms with Gasteiger partial charge in [-0.05, 0) is 12.8 Å². The maximum atomic E-state index is 4.40. The number of benzene rings is 1. The molecule has 1 aromatic heterocycles. The second-order valence-corrected chi connectivity index (χ2v) is 5.15. The van der Waals surface area contributed by atoms with Crippen LogP contribution in [0.5, 0.6) is 0 Å². The molecule has 0 saturated carbocycles. The molecule has 3 rings (SSSR count). The second-order valence-electron chi connectivity index (χ2n) is 5.15. The van der Waals surface area contributed by atoms with Crippen molar-refractivity contribution in [2.75, 3.05) is 18.0 Å². The molecule has 19 heavy (non-hydrogen) atoms. The maximum Gasteiger partial charge on any atom is 0.227 e. The molecule has 0 atom stereocenters. The fourth-order valence-corrected chi connectivity index (χ4v) is 2.71. The third-order valence-electron chi connectivity index (χ3n) is 3.77. The van der Waals surface area contributed by atoms with Gasteiger partial charge in [0.05, 0.1) is 0 Å². The number of anilines is 1. The highest BCUT2D eigenvalue weighted by molar-refractivity contribution is 5.57. The van der Waals surface area contributed by atoms with Crippen molar-refractivity contribution in [3.05, 3.63) is 30.3 Å². The van der Waals surface area contributed by atoms with Crippen LogP contribution in [0.3, 0.4) is 0 Å². The van der Waals surface area contributed by atoms with Crippen molar-refractivity contribution in [3.8, 4) is 11.4 Å². The van der Waals surface area contributed by atoms with E-state index in [1.165, 1.54) is 25.7 Å². The number of aromatic nitrogens is 3. The Morgan fingerprint density at radius 2 is 1.58 bits per heavy atom. The van der Waals surface area contributed by atoms with Crippen LogP contribution in [0.2, 0.25) is 0 Å². The molecule has 0 spiro atoms. The molecule has 4 heteroatoms. The van der Waals surface area contributed by atoms with Gasteiger partial charge in [0.2, 0.25) is 5.95 Å². The molecule has 0 bridgehead atoms. The van der Waals surface area contributed by atoms with E-state index in [-0.39, 0.29) is 0 Å². The molecule has 0 amide bonds. The number of rotatable bonds is 2. The van der Waals surface area contributed by atoms with E-state index < -0.39 is 0 Å². The Morgan fingerprint density at radius 1 is 0.895 bits per heavy atom. The first-order chi connectivity index (χ1) is 9.36. The number of nitrogens with zero attached hydrogens (tertiary/aromatic N) is 4. The van der Waals surface area contributed by atoms with E-state index in [2.05, 4.69) is 38.8 Å². The molecular weight excluding hydrogens is 236 g/mol. The van der Waals surface area contributed by atoms with Crippen LogP contribution in [0.15, 0.2) is 30.3 Å². The van der Waals surface area contributed by atoms with Crippen molar-refractivity contribution in [2.45, 2.75) is 25.7 Å². The van der Waals surface area contributed by atoms with Gasteiger partial charge in [0.25, 0.3) is 0 Å². The quantitative estimate of drug-likeness (QED) is 0.828. The summed E-state index contributed by atoms with van der Waals surface area (Å²) in [5.41, 5.74) is 1.12. The summed E-state index contributed by atoms with van der Waals surface area (Å²) in [5, 5.41) is 8.76. The highest BCUT2D eigenvalue weighted by atomic mass is 15.4. The molecule has 1 saturated heterocycles. The third-order valence-corrected chi connectivity index (χ3v) is 3.77. The van der Waals surface area contributed by atoms with Gasteiger partial charge >= 0.3 is 0 Å². The topological polar surface area (TPSA) is 34.0 Å². The van der Waals surface area contributed by atoms with E-state index in [0.717, 1.165) is 30.4 Å². The summed E-state index contributed by atoms with van der Waals surface area (Å²) in [6.45, 7) is 2.20. The molecule has 2 heterocycles. The van der Waals surface area contributed by atoms with Gasteiger partial charge < -0.3 is 4.90 Å². The van der Waals surface area contributed by atoms with Crippen LogP contribution in [0.1, 0.15) is 25.7 Å².